The van der Waals surface area contributed by atoms with Gasteiger partial charge in [-0.3, -0.25) is 4.79 Å². The largest absolute Gasteiger partial charge is 0.482 e. The molecule has 146 valence electrons. The van der Waals surface area contributed by atoms with Gasteiger partial charge >= 0.3 is 0 Å². The van der Waals surface area contributed by atoms with Crippen LogP contribution < -0.4 is 14.8 Å². The van der Waals surface area contributed by atoms with Crippen molar-refractivity contribution in [2.24, 2.45) is 0 Å². The molecule has 0 fully saturated rings. The van der Waals surface area contributed by atoms with Crippen LogP contribution in [0.1, 0.15) is 18.9 Å². The van der Waals surface area contributed by atoms with E-state index < -0.39 is 15.9 Å². The van der Waals surface area contributed by atoms with E-state index in [1.807, 2.05) is 6.92 Å². The molecule has 0 spiro atoms. The molecular weight excluding hydrogens is 395 g/mol. The Labute approximate surface area is 162 Å². The second-order valence-corrected chi connectivity index (χ2v) is 7.86. The molecule has 0 saturated carbocycles. The maximum absolute atomic E-state index is 12.8. The molecule has 0 aromatic heterocycles. The number of hydrogen-bond donors (Lipinski definition) is 2. The summed E-state index contributed by atoms with van der Waals surface area (Å²) in [6.07, 6.45) is 0.668. The zero-order chi connectivity index (χ0) is 19.9. The minimum Gasteiger partial charge on any atom is -0.482 e. The zero-order valence-electron chi connectivity index (χ0n) is 14.7. The Kier molecular flexibility index (Phi) is 7.58. The molecule has 0 heterocycles. The average Bonchev–Trinajstić information content (AvgIpc) is 2.65. The van der Waals surface area contributed by atoms with Crippen molar-refractivity contribution in [2.75, 3.05) is 13.2 Å². The first-order valence-corrected chi connectivity index (χ1v) is 10.1. The van der Waals surface area contributed by atoms with Gasteiger partial charge in [-0.25, -0.2) is 17.5 Å². The van der Waals surface area contributed by atoms with Crippen molar-refractivity contribution in [1.82, 2.24) is 10.0 Å². The van der Waals surface area contributed by atoms with Gasteiger partial charge < -0.3 is 10.1 Å². The third kappa shape index (κ3) is 6.50. The van der Waals surface area contributed by atoms with Crippen LogP contribution >= 0.6 is 11.6 Å². The molecule has 0 radical (unpaired) electrons. The predicted octanol–water partition coefficient (Wildman–Crippen LogP) is 2.86. The summed E-state index contributed by atoms with van der Waals surface area (Å²) in [7, 11) is -3.63. The van der Waals surface area contributed by atoms with Crippen molar-refractivity contribution in [2.45, 2.75) is 24.8 Å². The number of carbonyl (C=O) groups is 1. The standard InChI is InChI=1S/C18H20ClFN2O4S/c1-2-9-22-27(24,25)15-7-8-17(16(19)10-15)26-12-18(23)21-11-13-3-5-14(20)6-4-13/h3-8,10,22H,2,9,11-12H2,1H3,(H,21,23). The quantitative estimate of drug-likeness (QED) is 0.660. The molecule has 6 nitrogen and oxygen atoms in total. The second kappa shape index (κ2) is 9.68. The van der Waals surface area contributed by atoms with Gasteiger partial charge in [0.2, 0.25) is 10.0 Å². The number of rotatable bonds is 9. The van der Waals surface area contributed by atoms with Gasteiger partial charge in [0.1, 0.15) is 11.6 Å². The fourth-order valence-electron chi connectivity index (χ4n) is 2.08. The molecule has 2 rings (SSSR count). The minimum atomic E-state index is -3.63. The fraction of sp³-hybridized carbons (Fsp3) is 0.278. The first-order valence-electron chi connectivity index (χ1n) is 8.25. The number of benzene rings is 2. The van der Waals surface area contributed by atoms with Crippen molar-refractivity contribution >= 4 is 27.5 Å². The minimum absolute atomic E-state index is 0.0223. The first kappa shape index (κ1) is 21.1. The SMILES string of the molecule is CCCNS(=O)(=O)c1ccc(OCC(=O)NCc2ccc(F)cc2)c(Cl)c1. The Morgan fingerprint density at radius 1 is 1.19 bits per heavy atom. The smallest absolute Gasteiger partial charge is 0.258 e. The highest BCUT2D eigenvalue weighted by atomic mass is 35.5. The summed E-state index contributed by atoms with van der Waals surface area (Å²) in [4.78, 5) is 11.9. The van der Waals surface area contributed by atoms with E-state index >= 15 is 0 Å². The van der Waals surface area contributed by atoms with E-state index in [-0.39, 0.29) is 34.6 Å². The summed E-state index contributed by atoms with van der Waals surface area (Å²) in [6, 6.07) is 9.78. The summed E-state index contributed by atoms with van der Waals surface area (Å²) in [5, 5.41) is 2.72. The lowest BCUT2D eigenvalue weighted by atomic mass is 10.2. The Bertz CT molecular complexity index is 889. The van der Waals surface area contributed by atoms with Gasteiger partial charge in [0.25, 0.3) is 5.91 Å². The van der Waals surface area contributed by atoms with E-state index in [1.54, 1.807) is 12.1 Å². The molecule has 2 aromatic rings. The van der Waals surface area contributed by atoms with Crippen LogP contribution in [-0.4, -0.2) is 27.5 Å². The Morgan fingerprint density at radius 3 is 2.52 bits per heavy atom. The van der Waals surface area contributed by atoms with Crippen molar-refractivity contribution in [3.8, 4) is 5.75 Å². The fourth-order valence-corrected chi connectivity index (χ4v) is 3.54. The van der Waals surface area contributed by atoms with E-state index in [1.165, 1.54) is 30.3 Å². The predicted molar refractivity (Wildman–Crippen MR) is 101 cm³/mol. The molecule has 0 atom stereocenters. The van der Waals surface area contributed by atoms with E-state index in [4.69, 9.17) is 16.3 Å². The van der Waals surface area contributed by atoms with Gasteiger partial charge in [0.15, 0.2) is 6.61 Å². The third-order valence-corrected chi connectivity index (χ3v) is 5.27. The van der Waals surface area contributed by atoms with Gasteiger partial charge in [-0.15, -0.1) is 0 Å². The summed E-state index contributed by atoms with van der Waals surface area (Å²) >= 11 is 6.06. The lowest BCUT2D eigenvalue weighted by Crippen LogP contribution is -2.28. The molecule has 0 bridgehead atoms. The maximum atomic E-state index is 12.8. The molecule has 1 amide bonds. The van der Waals surface area contributed by atoms with Gasteiger partial charge in [0.05, 0.1) is 9.92 Å². The van der Waals surface area contributed by atoms with Crippen LogP contribution in [0.3, 0.4) is 0 Å². The summed E-state index contributed by atoms with van der Waals surface area (Å²) in [5.41, 5.74) is 0.747. The molecule has 9 heteroatoms. The Hall–Kier alpha value is -2.16. The maximum Gasteiger partial charge on any atom is 0.258 e. The molecule has 2 N–H and O–H groups in total. The van der Waals surface area contributed by atoms with E-state index in [2.05, 4.69) is 10.0 Å². The monoisotopic (exact) mass is 414 g/mol. The molecule has 27 heavy (non-hydrogen) atoms. The van der Waals surface area contributed by atoms with Crippen LogP contribution in [0.25, 0.3) is 0 Å². The molecule has 0 unspecified atom stereocenters. The van der Waals surface area contributed by atoms with Crippen LogP contribution in [0.5, 0.6) is 5.75 Å². The van der Waals surface area contributed by atoms with Crippen molar-refractivity contribution < 1.29 is 22.3 Å². The first-order chi connectivity index (χ1) is 12.8. The number of nitrogens with one attached hydrogen (secondary N) is 2. The summed E-state index contributed by atoms with van der Waals surface area (Å²) in [5.74, 6) is -0.543. The van der Waals surface area contributed by atoms with Crippen LogP contribution in [0.4, 0.5) is 4.39 Å². The summed E-state index contributed by atoms with van der Waals surface area (Å²) in [6.45, 7) is 2.12. The molecular formula is C18H20ClFN2O4S. The van der Waals surface area contributed by atoms with Crippen molar-refractivity contribution in [1.29, 1.82) is 0 Å². The van der Waals surface area contributed by atoms with Gasteiger partial charge in [0, 0.05) is 13.1 Å². The topological polar surface area (TPSA) is 84.5 Å². The average molecular weight is 415 g/mol. The number of hydrogen-bond acceptors (Lipinski definition) is 4. The van der Waals surface area contributed by atoms with E-state index in [9.17, 15) is 17.6 Å². The zero-order valence-corrected chi connectivity index (χ0v) is 16.2. The molecule has 0 aliphatic heterocycles. The van der Waals surface area contributed by atoms with Crippen molar-refractivity contribution in [3.63, 3.8) is 0 Å². The number of amides is 1. The van der Waals surface area contributed by atoms with Crippen LogP contribution in [0.2, 0.25) is 5.02 Å². The van der Waals surface area contributed by atoms with Gasteiger partial charge in [-0.2, -0.15) is 0 Å². The van der Waals surface area contributed by atoms with Gasteiger partial charge in [-0.1, -0.05) is 30.7 Å². The van der Waals surface area contributed by atoms with E-state index in [0.29, 0.717) is 13.0 Å². The van der Waals surface area contributed by atoms with Crippen LogP contribution in [0, 0.1) is 5.82 Å². The third-order valence-electron chi connectivity index (χ3n) is 3.52. The molecule has 0 aliphatic rings. The van der Waals surface area contributed by atoms with Crippen molar-refractivity contribution in [3.05, 3.63) is 58.9 Å². The summed E-state index contributed by atoms with van der Waals surface area (Å²) < 4.78 is 44.7. The number of carbonyl (C=O) groups excluding carboxylic acids is 1. The Morgan fingerprint density at radius 2 is 1.89 bits per heavy atom. The number of halogens is 2. The second-order valence-electron chi connectivity index (χ2n) is 5.68. The molecule has 2 aromatic carbocycles. The Balaban J connectivity index is 1.89. The highest BCUT2D eigenvalue weighted by molar-refractivity contribution is 7.89. The highest BCUT2D eigenvalue weighted by Crippen LogP contribution is 2.27. The van der Waals surface area contributed by atoms with Crippen LogP contribution in [-0.2, 0) is 21.4 Å². The van der Waals surface area contributed by atoms with Crippen LogP contribution in [0.15, 0.2) is 47.4 Å². The number of ether oxygens (including phenoxy) is 1. The lowest BCUT2D eigenvalue weighted by Gasteiger charge is -2.11. The highest BCUT2D eigenvalue weighted by Gasteiger charge is 2.15. The lowest BCUT2D eigenvalue weighted by molar-refractivity contribution is -0.123. The number of sulfonamides is 1. The normalized spacial score (nSPS) is 11.2. The van der Waals surface area contributed by atoms with Gasteiger partial charge in [-0.05, 0) is 42.3 Å². The molecule has 0 saturated heterocycles. The van der Waals surface area contributed by atoms with E-state index in [0.717, 1.165) is 5.56 Å². The molecule has 0 aliphatic carbocycles.